The van der Waals surface area contributed by atoms with Crippen LogP contribution in [0.2, 0.25) is 0 Å². The maximum atomic E-state index is 11.1. The topological polar surface area (TPSA) is 73.1 Å². The van der Waals surface area contributed by atoms with E-state index in [1.807, 2.05) is 6.07 Å². The number of nitriles is 1. The van der Waals surface area contributed by atoms with Crippen LogP contribution in [-0.2, 0) is 4.79 Å². The van der Waals surface area contributed by atoms with Crippen molar-refractivity contribution in [3.05, 3.63) is 46.4 Å². The van der Waals surface area contributed by atoms with Gasteiger partial charge < -0.3 is 10.4 Å². The number of carbonyl (C=O) groups is 1. The molecule has 0 radical (unpaired) electrons. The monoisotopic (exact) mass is 330 g/mol. The van der Waals surface area contributed by atoms with Gasteiger partial charge in [0, 0.05) is 18.2 Å². The largest absolute Gasteiger partial charge is 0.506 e. The molecule has 0 aliphatic rings. The third kappa shape index (κ3) is 2.98. The van der Waals surface area contributed by atoms with Gasteiger partial charge in [0.15, 0.2) is 0 Å². The van der Waals surface area contributed by atoms with Crippen LogP contribution >= 0.6 is 15.9 Å². The van der Waals surface area contributed by atoms with Gasteiger partial charge in [-0.3, -0.25) is 4.79 Å². The molecule has 0 spiro atoms. The van der Waals surface area contributed by atoms with Crippen molar-refractivity contribution in [2.75, 3.05) is 5.32 Å². The Labute approximate surface area is 124 Å². The van der Waals surface area contributed by atoms with Crippen molar-refractivity contribution in [2.45, 2.75) is 6.92 Å². The number of aromatic hydroxyl groups is 1. The predicted octanol–water partition coefficient (Wildman–Crippen LogP) is 3.65. The highest BCUT2D eigenvalue weighted by Crippen LogP contribution is 2.37. The first-order valence-corrected chi connectivity index (χ1v) is 6.61. The van der Waals surface area contributed by atoms with E-state index < -0.39 is 0 Å². The molecule has 0 unspecified atom stereocenters. The fourth-order valence-electron chi connectivity index (χ4n) is 1.85. The number of benzene rings is 2. The first-order valence-electron chi connectivity index (χ1n) is 5.82. The van der Waals surface area contributed by atoms with Crippen molar-refractivity contribution >= 4 is 27.5 Å². The highest BCUT2D eigenvalue weighted by Gasteiger charge is 2.11. The van der Waals surface area contributed by atoms with Crippen molar-refractivity contribution in [3.63, 3.8) is 0 Å². The van der Waals surface area contributed by atoms with E-state index in [1.165, 1.54) is 6.92 Å². The number of phenolic OH excluding ortho intramolecular Hbond substituents is 1. The highest BCUT2D eigenvalue weighted by molar-refractivity contribution is 9.10. The van der Waals surface area contributed by atoms with E-state index in [4.69, 9.17) is 5.26 Å². The molecular weight excluding hydrogens is 320 g/mol. The van der Waals surface area contributed by atoms with Gasteiger partial charge in [-0.2, -0.15) is 5.26 Å². The zero-order valence-corrected chi connectivity index (χ0v) is 12.2. The lowest BCUT2D eigenvalue weighted by Crippen LogP contribution is -2.05. The molecule has 0 aliphatic heterocycles. The summed E-state index contributed by atoms with van der Waals surface area (Å²) < 4.78 is 0.455. The van der Waals surface area contributed by atoms with Gasteiger partial charge in [0.1, 0.15) is 5.75 Å². The second-order valence-electron chi connectivity index (χ2n) is 4.23. The van der Waals surface area contributed by atoms with Gasteiger partial charge in [0.25, 0.3) is 0 Å². The first kappa shape index (κ1) is 14.1. The van der Waals surface area contributed by atoms with E-state index in [9.17, 15) is 9.90 Å². The molecule has 4 nitrogen and oxygen atoms in total. The summed E-state index contributed by atoms with van der Waals surface area (Å²) in [5.41, 5.74) is 2.32. The van der Waals surface area contributed by atoms with Gasteiger partial charge >= 0.3 is 0 Å². The Kier molecular flexibility index (Phi) is 4.06. The minimum absolute atomic E-state index is 0.0592. The summed E-state index contributed by atoms with van der Waals surface area (Å²) in [6, 6.07) is 12.3. The SMILES string of the molecule is CC(=O)Nc1cccc(-c2cc(C#N)cc(Br)c2O)c1. The molecule has 2 aromatic carbocycles. The molecule has 0 atom stereocenters. The maximum Gasteiger partial charge on any atom is 0.221 e. The quantitative estimate of drug-likeness (QED) is 0.882. The second-order valence-corrected chi connectivity index (χ2v) is 5.08. The molecule has 0 saturated carbocycles. The van der Waals surface area contributed by atoms with Gasteiger partial charge in [-0.15, -0.1) is 0 Å². The van der Waals surface area contributed by atoms with Gasteiger partial charge in [0.2, 0.25) is 5.91 Å². The molecule has 1 amide bonds. The van der Waals surface area contributed by atoms with Crippen LogP contribution in [0.3, 0.4) is 0 Å². The molecule has 0 aromatic heterocycles. The van der Waals surface area contributed by atoms with E-state index in [0.29, 0.717) is 26.9 Å². The highest BCUT2D eigenvalue weighted by atomic mass is 79.9. The molecule has 0 bridgehead atoms. The molecule has 2 aromatic rings. The number of rotatable bonds is 2. The van der Waals surface area contributed by atoms with Crippen LogP contribution < -0.4 is 5.32 Å². The molecule has 0 heterocycles. The number of nitrogens with zero attached hydrogens (tertiary/aromatic N) is 1. The summed E-state index contributed by atoms with van der Waals surface area (Å²) in [5.74, 6) is -0.109. The first-order chi connectivity index (χ1) is 9.51. The lowest BCUT2D eigenvalue weighted by Gasteiger charge is -2.09. The number of hydrogen-bond donors (Lipinski definition) is 2. The van der Waals surface area contributed by atoms with E-state index in [2.05, 4.69) is 21.2 Å². The van der Waals surface area contributed by atoms with Gasteiger partial charge in [0.05, 0.1) is 16.1 Å². The van der Waals surface area contributed by atoms with E-state index in [1.54, 1.807) is 36.4 Å². The van der Waals surface area contributed by atoms with Crippen LogP contribution in [0.15, 0.2) is 40.9 Å². The molecule has 100 valence electrons. The van der Waals surface area contributed by atoms with Gasteiger partial charge in [-0.05, 0) is 45.8 Å². The molecule has 2 N–H and O–H groups in total. The standard InChI is InChI=1S/C15H11BrN2O2/c1-9(19)18-12-4-2-3-11(7-12)13-5-10(8-17)6-14(16)15(13)20/h2-7,20H,1H3,(H,18,19). The van der Waals surface area contributed by atoms with Crippen LogP contribution in [0.25, 0.3) is 11.1 Å². The Bertz CT molecular complexity index is 720. The molecule has 20 heavy (non-hydrogen) atoms. The van der Waals surface area contributed by atoms with E-state index >= 15 is 0 Å². The van der Waals surface area contributed by atoms with Gasteiger partial charge in [-0.25, -0.2) is 0 Å². The number of nitrogens with one attached hydrogen (secondary N) is 1. The summed E-state index contributed by atoms with van der Waals surface area (Å²) in [7, 11) is 0. The van der Waals surface area contributed by atoms with Crippen molar-refractivity contribution in [1.82, 2.24) is 0 Å². The average molecular weight is 331 g/mol. The lowest BCUT2D eigenvalue weighted by atomic mass is 10.0. The summed E-state index contributed by atoms with van der Waals surface area (Å²) in [5, 5.41) is 21.8. The van der Waals surface area contributed by atoms with E-state index in [0.717, 1.165) is 0 Å². The normalized spacial score (nSPS) is 9.85. The Morgan fingerprint density at radius 2 is 2.10 bits per heavy atom. The van der Waals surface area contributed by atoms with Gasteiger partial charge in [-0.1, -0.05) is 12.1 Å². The fraction of sp³-hybridized carbons (Fsp3) is 0.0667. The molecule has 0 fully saturated rings. The minimum atomic E-state index is -0.168. The van der Waals surface area contributed by atoms with Crippen molar-refractivity contribution in [1.29, 1.82) is 5.26 Å². The van der Waals surface area contributed by atoms with Crippen LogP contribution in [0.4, 0.5) is 5.69 Å². The maximum absolute atomic E-state index is 11.1. The van der Waals surface area contributed by atoms with Crippen molar-refractivity contribution in [2.24, 2.45) is 0 Å². The van der Waals surface area contributed by atoms with Crippen molar-refractivity contribution < 1.29 is 9.90 Å². The third-order valence-electron chi connectivity index (χ3n) is 2.69. The number of phenols is 1. The van der Waals surface area contributed by atoms with Crippen LogP contribution in [0.5, 0.6) is 5.75 Å². The number of carbonyl (C=O) groups excluding carboxylic acids is 1. The second kappa shape index (κ2) is 5.76. The van der Waals surface area contributed by atoms with E-state index in [-0.39, 0.29) is 11.7 Å². The van der Waals surface area contributed by atoms with Crippen LogP contribution in [0, 0.1) is 11.3 Å². The molecule has 0 saturated heterocycles. The number of halogens is 1. The fourth-order valence-corrected chi connectivity index (χ4v) is 2.31. The molecule has 2 rings (SSSR count). The molecule has 0 aliphatic carbocycles. The summed E-state index contributed by atoms with van der Waals surface area (Å²) in [6.45, 7) is 1.43. The zero-order chi connectivity index (χ0) is 14.7. The third-order valence-corrected chi connectivity index (χ3v) is 3.29. The van der Waals surface area contributed by atoms with Crippen LogP contribution in [0.1, 0.15) is 12.5 Å². The Balaban J connectivity index is 2.54. The molecular formula is C15H11BrN2O2. The Hall–Kier alpha value is -2.32. The Morgan fingerprint density at radius 1 is 1.35 bits per heavy atom. The zero-order valence-electron chi connectivity index (χ0n) is 10.6. The minimum Gasteiger partial charge on any atom is -0.506 e. The van der Waals surface area contributed by atoms with Crippen molar-refractivity contribution in [3.8, 4) is 22.9 Å². The number of hydrogen-bond acceptors (Lipinski definition) is 3. The summed E-state index contributed by atoms with van der Waals surface area (Å²) in [6.07, 6.45) is 0. The summed E-state index contributed by atoms with van der Waals surface area (Å²) in [4.78, 5) is 11.1. The van der Waals surface area contributed by atoms with Crippen LogP contribution in [-0.4, -0.2) is 11.0 Å². The Morgan fingerprint density at radius 3 is 2.75 bits per heavy atom. The lowest BCUT2D eigenvalue weighted by molar-refractivity contribution is -0.114. The number of anilines is 1. The predicted molar refractivity (Wildman–Crippen MR) is 80.3 cm³/mol. The average Bonchev–Trinajstić information content (AvgIpc) is 2.41. The smallest absolute Gasteiger partial charge is 0.221 e. The summed E-state index contributed by atoms with van der Waals surface area (Å²) >= 11 is 3.22. The molecule has 5 heteroatoms. The number of amides is 1.